The number of benzene rings is 1. The van der Waals surface area contributed by atoms with Gasteiger partial charge in [-0.25, -0.2) is 0 Å². The van der Waals surface area contributed by atoms with Gasteiger partial charge in [0.15, 0.2) is 0 Å². The van der Waals surface area contributed by atoms with Crippen molar-refractivity contribution in [1.29, 1.82) is 0 Å². The summed E-state index contributed by atoms with van der Waals surface area (Å²) >= 11 is 5.89. The van der Waals surface area contributed by atoms with E-state index in [9.17, 15) is 18.3 Å². The van der Waals surface area contributed by atoms with Crippen molar-refractivity contribution in [1.82, 2.24) is 0 Å². The third kappa shape index (κ3) is 2.87. The first-order valence-electron chi connectivity index (χ1n) is 6.30. The molecule has 1 aliphatic heterocycles. The molecule has 3 nitrogen and oxygen atoms in total. The van der Waals surface area contributed by atoms with Crippen molar-refractivity contribution in [3.63, 3.8) is 0 Å². The maximum absolute atomic E-state index is 12.7. The fraction of sp³-hybridized carbons (Fsp3) is 0.538. The summed E-state index contributed by atoms with van der Waals surface area (Å²) < 4.78 is 49.4. The van der Waals surface area contributed by atoms with Crippen LogP contribution in [0, 0.1) is 0 Å². The minimum absolute atomic E-state index is 0.00307. The number of aromatic hydroxyl groups is 1. The highest BCUT2D eigenvalue weighted by molar-refractivity contribution is 6.66. The molecule has 0 saturated carbocycles. The van der Waals surface area contributed by atoms with Gasteiger partial charge in [-0.3, -0.25) is 0 Å². The lowest BCUT2D eigenvalue weighted by Gasteiger charge is -2.32. The smallest absolute Gasteiger partial charge is 0.500 e. The zero-order valence-corrected chi connectivity index (χ0v) is 12.8. The SMILES string of the molecule is CC1(C)OB(c2c(O)cc(C(F)(F)F)cc2Cl)OC1(C)C. The van der Waals surface area contributed by atoms with E-state index in [4.69, 9.17) is 20.9 Å². The molecule has 21 heavy (non-hydrogen) atoms. The summed E-state index contributed by atoms with van der Waals surface area (Å²) in [6.07, 6.45) is -4.59. The Morgan fingerprint density at radius 3 is 1.95 bits per heavy atom. The molecule has 1 aromatic rings. The Hall–Kier alpha value is -0.915. The lowest BCUT2D eigenvalue weighted by Crippen LogP contribution is -2.41. The quantitative estimate of drug-likeness (QED) is 0.806. The molecule has 1 fully saturated rings. The molecular weight excluding hydrogens is 307 g/mol. The maximum atomic E-state index is 12.7. The minimum Gasteiger partial charge on any atom is -0.508 e. The van der Waals surface area contributed by atoms with Crippen molar-refractivity contribution >= 4 is 24.2 Å². The molecule has 0 aromatic heterocycles. The summed E-state index contributed by atoms with van der Waals surface area (Å²) in [5.41, 5.74) is -2.39. The fourth-order valence-corrected chi connectivity index (χ4v) is 2.26. The van der Waals surface area contributed by atoms with Crippen LogP contribution in [-0.2, 0) is 15.5 Å². The minimum atomic E-state index is -4.59. The van der Waals surface area contributed by atoms with Crippen molar-refractivity contribution < 1.29 is 27.6 Å². The molecule has 1 saturated heterocycles. The van der Waals surface area contributed by atoms with Gasteiger partial charge in [-0.2, -0.15) is 13.2 Å². The predicted octanol–water partition coefficient (Wildman–Crippen LogP) is 3.36. The van der Waals surface area contributed by atoms with Crippen molar-refractivity contribution in [2.75, 3.05) is 0 Å². The van der Waals surface area contributed by atoms with E-state index in [0.717, 1.165) is 6.07 Å². The molecule has 0 aliphatic carbocycles. The summed E-state index contributed by atoms with van der Waals surface area (Å²) in [6, 6.07) is 1.37. The van der Waals surface area contributed by atoms with Gasteiger partial charge in [-0.1, -0.05) is 11.6 Å². The Morgan fingerprint density at radius 1 is 1.10 bits per heavy atom. The molecule has 2 rings (SSSR count). The summed E-state index contributed by atoms with van der Waals surface area (Å²) in [4.78, 5) is 0. The summed E-state index contributed by atoms with van der Waals surface area (Å²) in [6.45, 7) is 7.17. The number of hydrogen-bond donors (Lipinski definition) is 1. The first-order valence-corrected chi connectivity index (χ1v) is 6.68. The van der Waals surface area contributed by atoms with Gasteiger partial charge in [0.25, 0.3) is 0 Å². The summed E-state index contributed by atoms with van der Waals surface area (Å²) in [7, 11) is -1.02. The van der Waals surface area contributed by atoms with Crippen molar-refractivity contribution in [2.24, 2.45) is 0 Å². The lowest BCUT2D eigenvalue weighted by atomic mass is 9.77. The van der Waals surface area contributed by atoms with Gasteiger partial charge in [-0.15, -0.1) is 0 Å². The predicted molar refractivity (Wildman–Crippen MR) is 73.8 cm³/mol. The van der Waals surface area contributed by atoms with Crippen LogP contribution < -0.4 is 5.46 Å². The second kappa shape index (κ2) is 4.79. The largest absolute Gasteiger partial charge is 0.508 e. The van der Waals surface area contributed by atoms with E-state index in [-0.39, 0.29) is 10.5 Å². The monoisotopic (exact) mass is 322 g/mol. The van der Waals surface area contributed by atoms with E-state index < -0.39 is 35.8 Å². The molecule has 1 heterocycles. The van der Waals surface area contributed by atoms with Crippen LogP contribution in [-0.4, -0.2) is 23.4 Å². The molecule has 8 heteroatoms. The highest BCUT2D eigenvalue weighted by Gasteiger charge is 2.53. The van der Waals surface area contributed by atoms with Gasteiger partial charge in [0.1, 0.15) is 5.75 Å². The van der Waals surface area contributed by atoms with Crippen LogP contribution in [0.15, 0.2) is 12.1 Å². The normalized spacial score (nSPS) is 20.9. The number of alkyl halides is 3. The highest BCUT2D eigenvalue weighted by atomic mass is 35.5. The first-order chi connectivity index (χ1) is 9.35. The molecule has 0 amide bonds. The Bertz CT molecular complexity index is 533. The first kappa shape index (κ1) is 16.5. The number of hydrogen-bond acceptors (Lipinski definition) is 3. The van der Waals surface area contributed by atoms with Gasteiger partial charge >= 0.3 is 13.3 Å². The van der Waals surface area contributed by atoms with Gasteiger partial charge in [0.05, 0.1) is 16.8 Å². The highest BCUT2D eigenvalue weighted by Crippen LogP contribution is 2.39. The van der Waals surface area contributed by atoms with Crippen LogP contribution in [0.1, 0.15) is 33.3 Å². The second-order valence-corrected chi connectivity index (χ2v) is 6.38. The zero-order chi connectivity index (χ0) is 16.2. The molecule has 0 unspecified atom stereocenters. The van der Waals surface area contributed by atoms with E-state index in [2.05, 4.69) is 0 Å². The fourth-order valence-electron chi connectivity index (χ4n) is 1.96. The molecule has 1 N–H and O–H groups in total. The van der Waals surface area contributed by atoms with Gasteiger partial charge in [0.2, 0.25) is 0 Å². The molecular formula is C13H15BClF3O3. The Labute approximate surface area is 126 Å². The van der Waals surface area contributed by atoms with E-state index >= 15 is 0 Å². The van der Waals surface area contributed by atoms with Crippen LogP contribution in [0.3, 0.4) is 0 Å². The molecule has 1 aromatic carbocycles. The molecule has 116 valence electrons. The summed E-state index contributed by atoms with van der Waals surface area (Å²) in [5, 5.41) is 9.64. The van der Waals surface area contributed by atoms with E-state index in [1.165, 1.54) is 0 Å². The topological polar surface area (TPSA) is 38.7 Å². The number of phenols is 1. The number of rotatable bonds is 1. The average molecular weight is 323 g/mol. The Morgan fingerprint density at radius 2 is 1.57 bits per heavy atom. The molecule has 1 aliphatic rings. The molecule has 0 spiro atoms. The Kier molecular flexibility index (Phi) is 3.76. The summed E-state index contributed by atoms with van der Waals surface area (Å²) in [5.74, 6) is -0.603. The van der Waals surface area contributed by atoms with Crippen LogP contribution in [0.25, 0.3) is 0 Å². The second-order valence-electron chi connectivity index (χ2n) is 5.98. The molecule has 0 atom stereocenters. The van der Waals surface area contributed by atoms with E-state index in [1.807, 2.05) is 0 Å². The lowest BCUT2D eigenvalue weighted by molar-refractivity contribution is -0.137. The third-order valence-corrected chi connectivity index (χ3v) is 4.24. The van der Waals surface area contributed by atoms with Gasteiger partial charge in [0, 0.05) is 10.5 Å². The number of halogens is 4. The number of phenolic OH excluding ortho intramolecular Hbond substituents is 1. The van der Waals surface area contributed by atoms with E-state index in [1.54, 1.807) is 27.7 Å². The standard InChI is InChI=1S/C13H15BClF3O3/c1-11(2)12(3,4)21-14(20-11)10-8(15)5-7(6-9(10)19)13(16,17)18/h5-6,19H,1-4H3. The maximum Gasteiger partial charge on any atom is 0.500 e. The van der Waals surface area contributed by atoms with E-state index in [0.29, 0.717) is 6.07 Å². The van der Waals surface area contributed by atoms with Crippen LogP contribution in [0.4, 0.5) is 13.2 Å². The van der Waals surface area contributed by atoms with Crippen molar-refractivity contribution in [3.8, 4) is 5.75 Å². The molecule has 0 bridgehead atoms. The third-order valence-electron chi connectivity index (χ3n) is 3.92. The van der Waals surface area contributed by atoms with Crippen LogP contribution >= 0.6 is 11.6 Å². The van der Waals surface area contributed by atoms with Gasteiger partial charge in [-0.05, 0) is 39.8 Å². The van der Waals surface area contributed by atoms with Crippen molar-refractivity contribution in [2.45, 2.75) is 45.1 Å². The van der Waals surface area contributed by atoms with Gasteiger partial charge < -0.3 is 14.4 Å². The Balaban J connectivity index is 2.44. The van der Waals surface area contributed by atoms with Crippen LogP contribution in [0.5, 0.6) is 5.75 Å². The zero-order valence-electron chi connectivity index (χ0n) is 12.0. The average Bonchev–Trinajstić information content (AvgIpc) is 2.45. The van der Waals surface area contributed by atoms with Crippen molar-refractivity contribution in [3.05, 3.63) is 22.7 Å². The molecule has 0 radical (unpaired) electrons. The van der Waals surface area contributed by atoms with Crippen LogP contribution in [0.2, 0.25) is 5.02 Å².